The van der Waals surface area contributed by atoms with Gasteiger partial charge in [0.05, 0.1) is 10.8 Å². The van der Waals surface area contributed by atoms with Gasteiger partial charge < -0.3 is 15.1 Å². The molecular weight excluding hydrogens is 294 g/mol. The zero-order valence-corrected chi connectivity index (χ0v) is 13.6. The molecule has 0 saturated heterocycles. The van der Waals surface area contributed by atoms with Crippen molar-refractivity contribution in [1.29, 1.82) is 0 Å². The van der Waals surface area contributed by atoms with E-state index in [1.54, 1.807) is 19.4 Å². The number of nitrogens with zero attached hydrogens (tertiary/aromatic N) is 4. The smallest absolute Gasteiger partial charge is 0.378 e. The summed E-state index contributed by atoms with van der Waals surface area (Å²) in [5, 5.41) is 11.2. The Morgan fingerprint density at radius 1 is 1.22 bits per heavy atom. The lowest BCUT2D eigenvalue weighted by atomic mass is 10.2. The molecule has 0 aliphatic heterocycles. The molecule has 0 aliphatic rings. The van der Waals surface area contributed by atoms with Crippen molar-refractivity contribution in [1.82, 2.24) is 0 Å². The van der Waals surface area contributed by atoms with Gasteiger partial charge in [-0.15, -0.1) is 0 Å². The summed E-state index contributed by atoms with van der Waals surface area (Å²) in [6.07, 6.45) is 1.73. The number of azo groups is 1. The molecule has 1 amide bonds. The number of hydrogen-bond donors (Lipinski definition) is 1. The number of amides is 1. The second kappa shape index (κ2) is 7.35. The molecule has 7 nitrogen and oxygen atoms in total. The lowest BCUT2D eigenvalue weighted by molar-refractivity contribution is -0.875. The fourth-order valence-corrected chi connectivity index (χ4v) is 1.94. The van der Waals surface area contributed by atoms with Crippen molar-refractivity contribution < 1.29 is 14.4 Å². The van der Waals surface area contributed by atoms with Crippen LogP contribution in [0.1, 0.15) is 6.92 Å². The Labute approximate surface area is 135 Å². The van der Waals surface area contributed by atoms with Crippen LogP contribution >= 0.6 is 0 Å². The Hall–Kier alpha value is -2.96. The fraction of sp³-hybridized carbons (Fsp3) is 0.250. The highest BCUT2D eigenvalue weighted by molar-refractivity contribution is 5.92. The zero-order valence-electron chi connectivity index (χ0n) is 13.6. The third kappa shape index (κ3) is 4.26. The molecule has 0 atom stereocenters. The van der Waals surface area contributed by atoms with E-state index in [0.717, 1.165) is 5.69 Å². The molecule has 1 N–H and O–H groups in total. The number of benzene rings is 1. The Kier molecular flexibility index (Phi) is 5.24. The van der Waals surface area contributed by atoms with E-state index in [9.17, 15) is 4.79 Å². The van der Waals surface area contributed by atoms with Gasteiger partial charge >= 0.3 is 5.82 Å². The fourth-order valence-electron chi connectivity index (χ4n) is 1.94. The highest BCUT2D eigenvalue weighted by Crippen LogP contribution is 2.30. The summed E-state index contributed by atoms with van der Waals surface area (Å²) in [5.41, 5.74) is 2.13. The summed E-state index contributed by atoms with van der Waals surface area (Å²) >= 11 is 0. The molecule has 0 radical (unpaired) electrons. The van der Waals surface area contributed by atoms with E-state index in [0.29, 0.717) is 17.2 Å². The van der Waals surface area contributed by atoms with E-state index in [4.69, 9.17) is 4.84 Å². The predicted molar refractivity (Wildman–Crippen MR) is 88.4 cm³/mol. The van der Waals surface area contributed by atoms with Crippen molar-refractivity contribution in [3.8, 4) is 0 Å². The van der Waals surface area contributed by atoms with E-state index in [1.165, 1.54) is 11.7 Å². The van der Waals surface area contributed by atoms with Crippen molar-refractivity contribution in [2.45, 2.75) is 6.92 Å². The van der Waals surface area contributed by atoms with Crippen LogP contribution in [-0.4, -0.2) is 27.1 Å². The lowest BCUT2D eigenvalue weighted by Gasteiger charge is -2.14. The number of pyridine rings is 1. The zero-order chi connectivity index (χ0) is 16.8. The van der Waals surface area contributed by atoms with Gasteiger partial charge in [0.25, 0.3) is 0 Å². The van der Waals surface area contributed by atoms with Gasteiger partial charge in [-0.1, -0.05) is 0 Å². The summed E-state index contributed by atoms with van der Waals surface area (Å²) in [5.74, 6) is 0.379. The van der Waals surface area contributed by atoms with Gasteiger partial charge in [0, 0.05) is 32.8 Å². The molecule has 1 aromatic carbocycles. The summed E-state index contributed by atoms with van der Waals surface area (Å²) in [7, 11) is 5.41. The van der Waals surface area contributed by atoms with Crippen LogP contribution < -0.4 is 19.8 Å². The van der Waals surface area contributed by atoms with E-state index < -0.39 is 0 Å². The molecule has 0 aliphatic carbocycles. The first-order chi connectivity index (χ1) is 11.0. The monoisotopic (exact) mass is 314 g/mol. The Morgan fingerprint density at radius 3 is 2.65 bits per heavy atom. The van der Waals surface area contributed by atoms with Crippen LogP contribution in [-0.2, 0) is 4.79 Å². The Balaban J connectivity index is 2.38. The van der Waals surface area contributed by atoms with Gasteiger partial charge in [0.1, 0.15) is 19.0 Å². The minimum Gasteiger partial charge on any atom is -0.378 e. The van der Waals surface area contributed by atoms with Crippen LogP contribution in [0.2, 0.25) is 0 Å². The van der Waals surface area contributed by atoms with E-state index in [-0.39, 0.29) is 5.91 Å². The Morgan fingerprint density at radius 2 is 2.00 bits per heavy atom. The first-order valence-corrected chi connectivity index (χ1v) is 7.07. The molecule has 0 fully saturated rings. The second-order valence-corrected chi connectivity index (χ2v) is 5.04. The molecule has 120 valence electrons. The molecule has 1 aromatic heterocycles. The second-order valence-electron chi connectivity index (χ2n) is 5.04. The average molecular weight is 314 g/mol. The summed E-state index contributed by atoms with van der Waals surface area (Å²) in [4.78, 5) is 18.5. The number of hydrogen-bond acceptors (Lipinski definition) is 5. The van der Waals surface area contributed by atoms with Crippen molar-refractivity contribution >= 4 is 28.8 Å². The van der Waals surface area contributed by atoms with Crippen LogP contribution in [0.5, 0.6) is 0 Å². The van der Waals surface area contributed by atoms with Gasteiger partial charge in [-0.3, -0.25) is 4.79 Å². The van der Waals surface area contributed by atoms with E-state index in [1.807, 2.05) is 49.3 Å². The van der Waals surface area contributed by atoms with Gasteiger partial charge in [0.15, 0.2) is 0 Å². The molecule has 0 saturated carbocycles. The first kappa shape index (κ1) is 16.4. The summed E-state index contributed by atoms with van der Waals surface area (Å²) in [6, 6.07) is 11.0. The van der Waals surface area contributed by atoms with Crippen molar-refractivity contribution in [3.05, 3.63) is 42.6 Å². The number of carbonyl (C=O) groups is 1. The molecule has 0 spiro atoms. The topological polar surface area (TPSA) is 70.2 Å². The maximum atomic E-state index is 11.4. The maximum absolute atomic E-state index is 11.4. The number of carbonyl (C=O) groups excluding carboxylic acids is 1. The molecule has 0 bridgehead atoms. The number of rotatable bonds is 5. The Bertz CT molecular complexity index is 728. The maximum Gasteiger partial charge on any atom is 0.388 e. The van der Waals surface area contributed by atoms with E-state index >= 15 is 0 Å². The van der Waals surface area contributed by atoms with E-state index in [2.05, 4.69) is 15.5 Å². The van der Waals surface area contributed by atoms with Gasteiger partial charge in [-0.25, -0.2) is 0 Å². The molecule has 2 rings (SSSR count). The van der Waals surface area contributed by atoms with Crippen LogP contribution in [0, 0.1) is 0 Å². The number of aromatic nitrogens is 1. The lowest BCUT2D eigenvalue weighted by Crippen LogP contribution is -2.39. The van der Waals surface area contributed by atoms with Crippen LogP contribution in [0.3, 0.4) is 0 Å². The standard InChI is InChI=1S/C16H19N5O2/c1-12(22)17-15-11-13(20(2)3)8-9-14(15)18-19-16-7-5-6-10-21(16)23-4/h5-11H,1-4H3/p+1. The predicted octanol–water partition coefficient (Wildman–Crippen LogP) is 2.47. The summed E-state index contributed by atoms with van der Waals surface area (Å²) in [6.45, 7) is 1.46. The van der Waals surface area contributed by atoms with Crippen molar-refractivity contribution in [2.75, 3.05) is 31.4 Å². The third-order valence-electron chi connectivity index (χ3n) is 3.07. The SMILES string of the molecule is CO[n+]1ccccc1N=Nc1ccc(N(C)C)cc1NC(C)=O. The first-order valence-electron chi connectivity index (χ1n) is 7.07. The molecule has 0 unspecified atom stereocenters. The van der Waals surface area contributed by atoms with Gasteiger partial charge in [0.2, 0.25) is 5.91 Å². The van der Waals surface area contributed by atoms with Gasteiger partial charge in [-0.05, 0) is 40.2 Å². The van der Waals surface area contributed by atoms with Gasteiger partial charge in [-0.2, -0.15) is 0 Å². The van der Waals surface area contributed by atoms with Crippen LogP contribution in [0.4, 0.5) is 22.9 Å². The number of anilines is 2. The minimum atomic E-state index is -0.163. The highest BCUT2D eigenvalue weighted by Gasteiger charge is 2.12. The highest BCUT2D eigenvalue weighted by atomic mass is 16.6. The largest absolute Gasteiger partial charge is 0.388 e. The van der Waals surface area contributed by atoms with Crippen molar-refractivity contribution in [2.24, 2.45) is 10.2 Å². The third-order valence-corrected chi connectivity index (χ3v) is 3.07. The van der Waals surface area contributed by atoms with Crippen molar-refractivity contribution in [3.63, 3.8) is 0 Å². The normalized spacial score (nSPS) is 10.6. The van der Waals surface area contributed by atoms with Crippen LogP contribution in [0.25, 0.3) is 0 Å². The molecular formula is C16H20N5O2+. The van der Waals surface area contributed by atoms with Crippen LogP contribution in [0.15, 0.2) is 52.8 Å². The summed E-state index contributed by atoms with van der Waals surface area (Å²) < 4.78 is 1.50. The average Bonchev–Trinajstić information content (AvgIpc) is 2.53. The molecule has 2 aromatic rings. The molecule has 7 heteroatoms. The quantitative estimate of drug-likeness (QED) is 0.681. The minimum absolute atomic E-state index is 0.163. The molecule has 23 heavy (non-hydrogen) atoms. The number of nitrogens with one attached hydrogen (secondary N) is 1. The molecule has 1 heterocycles.